The first-order valence-electron chi connectivity index (χ1n) is 12.6. The van der Waals surface area contributed by atoms with Crippen LogP contribution in [0.2, 0.25) is 0 Å². The minimum Gasteiger partial charge on any atom is -0.480 e. The fraction of sp³-hybridized carbons (Fsp3) is 0.625. The maximum absolute atomic E-state index is 12.9. The standard InChI is InChI=1S/C24H38N6O6S/c1-15-11-16(2)21(17(3)12-15)37(34,35)30-19(23(32)33)14-28-22(31)20-13-18(29-36-20)7-4-5-8-25-24-26-9-6-10-27-24/h9,11-12,18-20,24-25,27,29-30H,4-8,10,13-14H2,1-3H3,(H,28,31)(H,32,33). The number of carboxylic acids is 1. The lowest BCUT2D eigenvalue weighted by Crippen LogP contribution is -2.50. The zero-order valence-electron chi connectivity index (χ0n) is 21.5. The van der Waals surface area contributed by atoms with Crippen molar-refractivity contribution in [2.45, 2.75) is 82.2 Å². The topological polar surface area (TPSA) is 170 Å². The highest BCUT2D eigenvalue weighted by atomic mass is 32.2. The van der Waals surface area contributed by atoms with E-state index >= 15 is 0 Å². The molecule has 2 aliphatic rings. The van der Waals surface area contributed by atoms with Gasteiger partial charge in [0.2, 0.25) is 10.0 Å². The van der Waals surface area contributed by atoms with Crippen molar-refractivity contribution in [2.24, 2.45) is 4.99 Å². The summed E-state index contributed by atoms with van der Waals surface area (Å²) in [6.45, 7) is 6.50. The van der Waals surface area contributed by atoms with Crippen LogP contribution in [0.5, 0.6) is 0 Å². The van der Waals surface area contributed by atoms with Crippen molar-refractivity contribution >= 4 is 28.1 Å². The van der Waals surface area contributed by atoms with Crippen LogP contribution in [-0.2, 0) is 24.4 Å². The normalized spacial score (nSPS) is 22.6. The van der Waals surface area contributed by atoms with E-state index in [0.717, 1.165) is 44.3 Å². The Bertz CT molecular complexity index is 1070. The highest BCUT2D eigenvalue weighted by Crippen LogP contribution is 2.22. The number of aryl methyl sites for hydroxylation is 3. The predicted octanol–water partition coefficient (Wildman–Crippen LogP) is 0.229. The van der Waals surface area contributed by atoms with Crippen LogP contribution >= 0.6 is 0 Å². The predicted molar refractivity (Wildman–Crippen MR) is 139 cm³/mol. The Morgan fingerprint density at radius 2 is 1.95 bits per heavy atom. The summed E-state index contributed by atoms with van der Waals surface area (Å²) in [6.07, 6.45) is 5.19. The molecule has 1 aromatic rings. The van der Waals surface area contributed by atoms with Gasteiger partial charge in [0.25, 0.3) is 5.91 Å². The van der Waals surface area contributed by atoms with Crippen LogP contribution in [0.4, 0.5) is 0 Å². The van der Waals surface area contributed by atoms with Crippen LogP contribution in [0, 0.1) is 20.8 Å². The molecule has 4 unspecified atom stereocenters. The molecule has 2 aliphatic heterocycles. The number of benzene rings is 1. The zero-order chi connectivity index (χ0) is 27.0. The average Bonchev–Trinajstić information content (AvgIpc) is 3.30. The molecule has 1 saturated heterocycles. The number of unbranched alkanes of at least 4 members (excludes halogenated alkanes) is 1. The van der Waals surface area contributed by atoms with E-state index < -0.39 is 40.6 Å². The second-order valence-electron chi connectivity index (χ2n) is 9.57. The summed E-state index contributed by atoms with van der Waals surface area (Å²) in [7, 11) is -4.12. The van der Waals surface area contributed by atoms with Crippen molar-refractivity contribution in [1.29, 1.82) is 0 Å². The Kier molecular flexibility index (Phi) is 10.6. The maximum atomic E-state index is 12.9. The van der Waals surface area contributed by atoms with Crippen LogP contribution in [0.15, 0.2) is 22.0 Å². The fourth-order valence-corrected chi connectivity index (χ4v) is 6.24. The number of carbonyl (C=O) groups excluding carboxylic acids is 1. The number of hydroxylamine groups is 1. The van der Waals surface area contributed by atoms with Crippen molar-refractivity contribution in [2.75, 3.05) is 19.6 Å². The van der Waals surface area contributed by atoms with Crippen molar-refractivity contribution in [1.82, 2.24) is 26.2 Å². The first-order chi connectivity index (χ1) is 17.6. The first kappa shape index (κ1) is 29.1. The van der Waals surface area contributed by atoms with Gasteiger partial charge in [0.1, 0.15) is 6.04 Å². The number of aliphatic carboxylic acids is 1. The molecule has 0 spiro atoms. The van der Waals surface area contributed by atoms with Crippen LogP contribution < -0.4 is 26.2 Å². The van der Waals surface area contributed by atoms with Crippen molar-refractivity contribution in [3.05, 3.63) is 28.8 Å². The lowest BCUT2D eigenvalue weighted by atomic mass is 10.0. The first-order valence-corrected chi connectivity index (χ1v) is 14.1. The molecule has 1 fully saturated rings. The van der Waals surface area contributed by atoms with Crippen molar-refractivity contribution in [3.63, 3.8) is 0 Å². The van der Waals surface area contributed by atoms with Crippen molar-refractivity contribution in [3.8, 4) is 0 Å². The molecular weight excluding hydrogens is 500 g/mol. The van der Waals surface area contributed by atoms with Gasteiger partial charge in [0, 0.05) is 31.8 Å². The lowest BCUT2D eigenvalue weighted by molar-refractivity contribution is -0.139. The van der Waals surface area contributed by atoms with Gasteiger partial charge < -0.3 is 10.4 Å². The number of nitrogens with one attached hydrogen (secondary N) is 5. The fourth-order valence-electron chi connectivity index (χ4n) is 4.60. The average molecular weight is 539 g/mol. The number of hydrogen-bond acceptors (Lipinski definition) is 9. The SMILES string of the molecule is Cc1cc(C)c(S(=O)(=O)NC(CNC(=O)C2CC(CCCCNC3N=CCCN3)NO2)C(=O)O)c(C)c1. The van der Waals surface area contributed by atoms with E-state index in [2.05, 4.69) is 31.1 Å². The van der Waals surface area contributed by atoms with Crippen LogP contribution in [0.3, 0.4) is 0 Å². The van der Waals surface area contributed by atoms with Crippen molar-refractivity contribution < 1.29 is 28.0 Å². The second-order valence-corrected chi connectivity index (χ2v) is 11.2. The molecule has 0 bridgehead atoms. The van der Waals surface area contributed by atoms with Crippen LogP contribution in [0.25, 0.3) is 0 Å². The number of nitrogens with zero attached hydrogens (tertiary/aromatic N) is 1. The molecule has 4 atom stereocenters. The van der Waals surface area contributed by atoms with Gasteiger partial charge in [-0.25, -0.2) is 8.42 Å². The van der Waals surface area contributed by atoms with Gasteiger partial charge >= 0.3 is 5.97 Å². The Hall–Kier alpha value is -2.42. The maximum Gasteiger partial charge on any atom is 0.323 e. The van der Waals surface area contributed by atoms with E-state index in [1.165, 1.54) is 0 Å². The molecule has 13 heteroatoms. The van der Waals surface area contributed by atoms with E-state index in [0.29, 0.717) is 17.5 Å². The molecule has 0 aliphatic carbocycles. The summed E-state index contributed by atoms with van der Waals surface area (Å²) in [5.41, 5.74) is 4.81. The van der Waals surface area contributed by atoms with Crippen LogP contribution in [0.1, 0.15) is 48.8 Å². The lowest BCUT2D eigenvalue weighted by Gasteiger charge is -2.19. The quantitative estimate of drug-likeness (QED) is 0.192. The smallest absolute Gasteiger partial charge is 0.323 e. The number of sulfonamides is 1. The number of hydrogen-bond donors (Lipinski definition) is 6. The van der Waals surface area contributed by atoms with E-state index in [4.69, 9.17) is 4.84 Å². The molecule has 37 heavy (non-hydrogen) atoms. The summed E-state index contributed by atoms with van der Waals surface area (Å²) in [6, 6.07) is 1.91. The number of carboxylic acid groups (broad SMARTS) is 1. The number of amides is 1. The number of aliphatic imine (C=N–C) groups is 1. The third kappa shape index (κ3) is 8.55. The molecular formula is C24H38N6O6S. The number of rotatable bonds is 13. The van der Waals surface area contributed by atoms with Gasteiger partial charge in [-0.15, -0.1) is 0 Å². The molecule has 3 rings (SSSR count). The number of carbonyl (C=O) groups is 2. The van der Waals surface area contributed by atoms with E-state index in [1.807, 2.05) is 13.1 Å². The summed E-state index contributed by atoms with van der Waals surface area (Å²) >= 11 is 0. The Balaban J connectivity index is 1.43. The third-order valence-electron chi connectivity index (χ3n) is 6.30. The molecule has 1 aromatic carbocycles. The van der Waals surface area contributed by atoms with E-state index in [9.17, 15) is 23.1 Å². The Morgan fingerprint density at radius 1 is 1.22 bits per heavy atom. The molecule has 12 nitrogen and oxygen atoms in total. The minimum absolute atomic E-state index is 0.00263. The van der Waals surface area contributed by atoms with Gasteiger partial charge in [-0.3, -0.25) is 30.1 Å². The highest BCUT2D eigenvalue weighted by molar-refractivity contribution is 7.89. The van der Waals surface area contributed by atoms with E-state index in [-0.39, 0.29) is 17.2 Å². The van der Waals surface area contributed by atoms with E-state index in [1.54, 1.807) is 26.0 Å². The third-order valence-corrected chi connectivity index (χ3v) is 8.08. The molecule has 206 valence electrons. The second kappa shape index (κ2) is 13.4. The molecule has 2 heterocycles. The highest BCUT2D eigenvalue weighted by Gasteiger charge is 2.33. The van der Waals surface area contributed by atoms with Crippen LogP contribution in [-0.4, -0.2) is 75.7 Å². The summed E-state index contributed by atoms with van der Waals surface area (Å²) < 4.78 is 28.1. The molecule has 0 radical (unpaired) electrons. The zero-order valence-corrected chi connectivity index (χ0v) is 22.4. The minimum atomic E-state index is -4.12. The summed E-state index contributed by atoms with van der Waals surface area (Å²) in [4.78, 5) is 34.1. The molecule has 6 N–H and O–H groups in total. The van der Waals surface area contributed by atoms with Gasteiger partial charge in [-0.05, 0) is 57.7 Å². The monoisotopic (exact) mass is 538 g/mol. The molecule has 1 amide bonds. The Morgan fingerprint density at radius 3 is 2.59 bits per heavy atom. The van der Waals surface area contributed by atoms with Gasteiger partial charge in [-0.1, -0.05) is 24.1 Å². The largest absolute Gasteiger partial charge is 0.480 e. The molecule has 0 aromatic heterocycles. The summed E-state index contributed by atoms with van der Waals surface area (Å²) in [5, 5.41) is 18.7. The van der Waals surface area contributed by atoms with Gasteiger partial charge in [0.15, 0.2) is 12.4 Å². The van der Waals surface area contributed by atoms with Gasteiger partial charge in [0.05, 0.1) is 4.90 Å². The Labute approximate surface area is 218 Å². The van der Waals surface area contributed by atoms with Gasteiger partial charge in [-0.2, -0.15) is 10.2 Å². The summed E-state index contributed by atoms with van der Waals surface area (Å²) in [5.74, 6) is -1.89. The molecule has 0 saturated carbocycles.